The fourth-order valence-electron chi connectivity index (χ4n) is 1.99. The Morgan fingerprint density at radius 3 is 2.65 bits per heavy atom. The Labute approximate surface area is 101 Å². The maximum absolute atomic E-state index is 4.51. The number of nitrogens with one attached hydrogen (secondary N) is 1. The van der Waals surface area contributed by atoms with E-state index in [0.717, 1.165) is 29.4 Å². The van der Waals surface area contributed by atoms with Gasteiger partial charge in [-0.25, -0.2) is 9.67 Å². The van der Waals surface area contributed by atoms with Crippen LogP contribution in [0.5, 0.6) is 0 Å². The number of nitrogens with zero attached hydrogens (tertiary/aromatic N) is 4. The van der Waals surface area contributed by atoms with Crippen LogP contribution in [0.15, 0.2) is 12.4 Å². The monoisotopic (exact) mass is 231 g/mol. The average molecular weight is 231 g/mol. The number of hydrogen-bond acceptors (Lipinski definition) is 4. The standard InChI is InChI=1S/C12H17N5/c1-5-10-8(2)16-17(9(10)3)12-7-14-6-11(13-4)15-12/h6-7H,5H2,1-4H3,(H,13,15). The van der Waals surface area contributed by atoms with E-state index in [1.165, 1.54) is 5.56 Å². The van der Waals surface area contributed by atoms with E-state index in [-0.39, 0.29) is 0 Å². The van der Waals surface area contributed by atoms with Gasteiger partial charge in [0.25, 0.3) is 0 Å². The minimum Gasteiger partial charge on any atom is -0.372 e. The normalized spacial score (nSPS) is 10.6. The Kier molecular flexibility index (Phi) is 3.08. The largest absolute Gasteiger partial charge is 0.372 e. The van der Waals surface area contributed by atoms with Crippen LogP contribution in [0.1, 0.15) is 23.9 Å². The summed E-state index contributed by atoms with van der Waals surface area (Å²) in [7, 11) is 1.83. The highest BCUT2D eigenvalue weighted by Crippen LogP contribution is 2.17. The molecule has 0 fully saturated rings. The molecule has 1 N–H and O–H groups in total. The van der Waals surface area contributed by atoms with Gasteiger partial charge in [-0.3, -0.25) is 4.98 Å². The molecule has 2 heterocycles. The van der Waals surface area contributed by atoms with Gasteiger partial charge in [0.15, 0.2) is 5.82 Å². The molecule has 0 aliphatic carbocycles. The molecule has 0 atom stereocenters. The molecule has 0 unspecified atom stereocenters. The third-order valence-corrected chi connectivity index (χ3v) is 2.89. The average Bonchev–Trinajstić information content (AvgIpc) is 2.64. The van der Waals surface area contributed by atoms with Gasteiger partial charge < -0.3 is 5.32 Å². The quantitative estimate of drug-likeness (QED) is 0.876. The third-order valence-electron chi connectivity index (χ3n) is 2.89. The highest BCUT2D eigenvalue weighted by Gasteiger charge is 2.12. The molecular weight excluding hydrogens is 214 g/mol. The minimum atomic E-state index is 0.744. The predicted octanol–water partition coefficient (Wildman–Crippen LogP) is 1.88. The first-order valence-corrected chi connectivity index (χ1v) is 5.72. The van der Waals surface area contributed by atoms with Crippen LogP contribution in [0.3, 0.4) is 0 Å². The van der Waals surface area contributed by atoms with E-state index in [1.54, 1.807) is 12.4 Å². The molecule has 0 aromatic carbocycles. The smallest absolute Gasteiger partial charge is 0.174 e. The Hall–Kier alpha value is -1.91. The molecule has 17 heavy (non-hydrogen) atoms. The van der Waals surface area contributed by atoms with Crippen LogP contribution in [0.25, 0.3) is 5.82 Å². The number of rotatable bonds is 3. The van der Waals surface area contributed by atoms with Gasteiger partial charge >= 0.3 is 0 Å². The van der Waals surface area contributed by atoms with Crippen molar-refractivity contribution in [3.8, 4) is 5.82 Å². The molecule has 5 nitrogen and oxygen atoms in total. The third kappa shape index (κ3) is 2.00. The van der Waals surface area contributed by atoms with Gasteiger partial charge in [0.2, 0.25) is 0 Å². The second-order valence-electron chi connectivity index (χ2n) is 3.93. The van der Waals surface area contributed by atoms with E-state index in [9.17, 15) is 0 Å². The van der Waals surface area contributed by atoms with Crippen molar-refractivity contribution in [2.75, 3.05) is 12.4 Å². The first-order chi connectivity index (χ1) is 8.17. The van der Waals surface area contributed by atoms with Gasteiger partial charge in [-0.15, -0.1) is 0 Å². The molecule has 0 saturated carbocycles. The molecule has 2 aromatic heterocycles. The fraction of sp³-hybridized carbons (Fsp3) is 0.417. The molecule has 0 saturated heterocycles. The fourth-order valence-corrected chi connectivity index (χ4v) is 1.99. The van der Waals surface area contributed by atoms with Gasteiger partial charge in [-0.05, 0) is 25.8 Å². The SMILES string of the molecule is CCc1c(C)nn(-c2cncc(NC)n2)c1C. The van der Waals surface area contributed by atoms with Crippen molar-refractivity contribution in [2.24, 2.45) is 0 Å². The van der Waals surface area contributed by atoms with Crippen LogP contribution in [0.4, 0.5) is 5.82 Å². The molecule has 0 radical (unpaired) electrons. The van der Waals surface area contributed by atoms with E-state index < -0.39 is 0 Å². The van der Waals surface area contributed by atoms with E-state index in [1.807, 2.05) is 18.7 Å². The van der Waals surface area contributed by atoms with E-state index in [4.69, 9.17) is 0 Å². The summed E-state index contributed by atoms with van der Waals surface area (Å²) >= 11 is 0. The minimum absolute atomic E-state index is 0.744. The van der Waals surface area contributed by atoms with Gasteiger partial charge in [-0.1, -0.05) is 6.92 Å². The van der Waals surface area contributed by atoms with Crippen molar-refractivity contribution in [2.45, 2.75) is 27.2 Å². The summed E-state index contributed by atoms with van der Waals surface area (Å²) in [5.41, 5.74) is 3.47. The topological polar surface area (TPSA) is 55.6 Å². The summed E-state index contributed by atoms with van der Waals surface area (Å²) < 4.78 is 1.85. The molecule has 90 valence electrons. The highest BCUT2D eigenvalue weighted by atomic mass is 15.3. The lowest BCUT2D eigenvalue weighted by molar-refractivity contribution is 0.799. The van der Waals surface area contributed by atoms with Crippen LogP contribution in [-0.4, -0.2) is 26.8 Å². The zero-order valence-corrected chi connectivity index (χ0v) is 10.7. The molecule has 0 aliphatic rings. The first kappa shape index (κ1) is 11.6. The van der Waals surface area contributed by atoms with Gasteiger partial charge in [-0.2, -0.15) is 5.10 Å². The number of anilines is 1. The van der Waals surface area contributed by atoms with Gasteiger partial charge in [0.1, 0.15) is 5.82 Å². The molecule has 5 heteroatoms. The van der Waals surface area contributed by atoms with Crippen molar-refractivity contribution in [3.05, 3.63) is 29.3 Å². The lowest BCUT2D eigenvalue weighted by atomic mass is 10.1. The highest BCUT2D eigenvalue weighted by molar-refractivity contribution is 5.37. The molecule has 0 aliphatic heterocycles. The van der Waals surface area contributed by atoms with E-state index in [0.29, 0.717) is 0 Å². The summed E-state index contributed by atoms with van der Waals surface area (Å²) in [4.78, 5) is 8.59. The van der Waals surface area contributed by atoms with E-state index in [2.05, 4.69) is 34.2 Å². The van der Waals surface area contributed by atoms with Gasteiger partial charge in [0.05, 0.1) is 18.1 Å². The first-order valence-electron chi connectivity index (χ1n) is 5.72. The lowest BCUT2D eigenvalue weighted by Crippen LogP contribution is -2.05. The molecular formula is C12H17N5. The van der Waals surface area contributed by atoms with Crippen LogP contribution in [0.2, 0.25) is 0 Å². The van der Waals surface area contributed by atoms with Crippen molar-refractivity contribution < 1.29 is 0 Å². The maximum atomic E-state index is 4.51. The van der Waals surface area contributed by atoms with Crippen LogP contribution >= 0.6 is 0 Å². The lowest BCUT2D eigenvalue weighted by Gasteiger charge is -2.05. The summed E-state index contributed by atoms with van der Waals surface area (Å²) in [6.07, 6.45) is 4.40. The molecule has 2 aromatic rings. The molecule has 0 bridgehead atoms. The Bertz CT molecular complexity index is 530. The summed E-state index contributed by atoms with van der Waals surface area (Å²) in [6.45, 7) is 6.22. The van der Waals surface area contributed by atoms with Crippen LogP contribution in [-0.2, 0) is 6.42 Å². The Morgan fingerprint density at radius 1 is 1.29 bits per heavy atom. The summed E-state index contributed by atoms with van der Waals surface area (Å²) in [6, 6.07) is 0. The Morgan fingerprint density at radius 2 is 2.06 bits per heavy atom. The maximum Gasteiger partial charge on any atom is 0.174 e. The summed E-state index contributed by atoms with van der Waals surface area (Å²) in [5, 5.41) is 7.49. The number of hydrogen-bond donors (Lipinski definition) is 1. The predicted molar refractivity (Wildman–Crippen MR) is 67.6 cm³/mol. The van der Waals surface area contributed by atoms with E-state index >= 15 is 0 Å². The molecule has 0 spiro atoms. The van der Waals surface area contributed by atoms with Gasteiger partial charge in [0, 0.05) is 12.7 Å². The summed E-state index contributed by atoms with van der Waals surface area (Å²) in [5.74, 6) is 1.49. The van der Waals surface area contributed by atoms with Crippen LogP contribution in [0, 0.1) is 13.8 Å². The number of aromatic nitrogens is 4. The Balaban J connectivity index is 2.52. The zero-order valence-electron chi connectivity index (χ0n) is 10.7. The molecule has 0 amide bonds. The molecule has 2 rings (SSSR count). The second kappa shape index (κ2) is 4.53. The van der Waals surface area contributed by atoms with Crippen LogP contribution < -0.4 is 5.32 Å². The second-order valence-corrected chi connectivity index (χ2v) is 3.93. The number of aryl methyl sites for hydroxylation is 1. The zero-order chi connectivity index (χ0) is 12.4. The van der Waals surface area contributed by atoms with Crippen molar-refractivity contribution >= 4 is 5.82 Å². The van der Waals surface area contributed by atoms with Crippen molar-refractivity contribution in [1.82, 2.24) is 19.7 Å². The van der Waals surface area contributed by atoms with Crippen molar-refractivity contribution in [3.63, 3.8) is 0 Å². The van der Waals surface area contributed by atoms with Crippen molar-refractivity contribution in [1.29, 1.82) is 0 Å².